The molecule has 1 amide bonds. The summed E-state index contributed by atoms with van der Waals surface area (Å²) in [6.07, 6.45) is 16.7. The van der Waals surface area contributed by atoms with E-state index < -0.39 is 5.97 Å². The van der Waals surface area contributed by atoms with E-state index in [1.807, 2.05) is 12.1 Å². The summed E-state index contributed by atoms with van der Waals surface area (Å²) >= 11 is 0. The first kappa shape index (κ1) is 32.2. The number of benzene rings is 1. The van der Waals surface area contributed by atoms with Gasteiger partial charge in [0.25, 0.3) is 0 Å². The standard InChI is InChI=1S/C42H59NO3/c1-27(2)30-17-22-42(37(46)43-25-9-8-10-26-43)24-23-40(6)32(35(30)42)15-16-34-39(5)20-18-31(28-11-13-29(14-12-28)36(44)45)38(3,4)33(39)19-21-41(34,40)7/h11-14,18,30,32-35H,1,8-10,15-17,19-26H2,2-7H3,(H,44,45)/t30-,32+,33?,34?,35?,39-,40+,41+,42-/m0/s1. The summed E-state index contributed by atoms with van der Waals surface area (Å²) in [5.41, 5.74) is 4.75. The Hall–Kier alpha value is -2.36. The fraction of sp³-hybridized carbons (Fsp3) is 0.714. The fourth-order valence-corrected chi connectivity index (χ4v) is 13.8. The average Bonchev–Trinajstić information content (AvgIpc) is 3.42. The van der Waals surface area contributed by atoms with E-state index in [0.29, 0.717) is 41.1 Å². The highest BCUT2D eigenvalue weighted by Gasteiger charge is 2.71. The van der Waals surface area contributed by atoms with E-state index in [1.54, 1.807) is 12.1 Å². The average molecular weight is 626 g/mol. The van der Waals surface area contributed by atoms with Crippen molar-refractivity contribution in [3.05, 3.63) is 53.6 Å². The number of piperidine rings is 1. The Morgan fingerprint density at radius 1 is 0.826 bits per heavy atom. The van der Waals surface area contributed by atoms with Gasteiger partial charge in [0.05, 0.1) is 11.0 Å². The minimum atomic E-state index is -0.866. The molecule has 4 nitrogen and oxygen atoms in total. The molecular formula is C42H59NO3. The van der Waals surface area contributed by atoms with E-state index in [0.717, 1.165) is 51.6 Å². The van der Waals surface area contributed by atoms with Crippen LogP contribution in [0.15, 0.2) is 42.5 Å². The zero-order chi connectivity index (χ0) is 32.9. The van der Waals surface area contributed by atoms with E-state index in [9.17, 15) is 14.7 Å². The molecule has 7 rings (SSSR count). The van der Waals surface area contributed by atoms with Crippen LogP contribution in [0, 0.1) is 56.7 Å². The number of amides is 1. The highest BCUT2D eigenvalue weighted by atomic mass is 16.4. The predicted molar refractivity (Wildman–Crippen MR) is 186 cm³/mol. The SMILES string of the molecule is C=C(C)[C@@H]1CC[C@]2(C(=O)N3CCCCC3)CC[C@]3(C)[C@H](CCC4[C@@]5(C)CC=C(c6ccc(C(=O)O)cc6)C(C)(C)C5CC[C@]43C)C12. The molecule has 3 unspecified atom stereocenters. The van der Waals surface area contributed by atoms with Crippen molar-refractivity contribution in [3.8, 4) is 0 Å². The summed E-state index contributed by atoms with van der Waals surface area (Å²) in [5, 5.41) is 9.47. The monoisotopic (exact) mass is 625 g/mol. The zero-order valence-corrected chi connectivity index (χ0v) is 29.6. The first-order valence-electron chi connectivity index (χ1n) is 18.7. The van der Waals surface area contributed by atoms with Gasteiger partial charge in [-0.15, -0.1) is 0 Å². The van der Waals surface area contributed by atoms with Crippen molar-refractivity contribution in [2.24, 2.45) is 56.7 Å². The van der Waals surface area contributed by atoms with Crippen molar-refractivity contribution >= 4 is 17.4 Å². The number of likely N-dealkylation sites (tertiary alicyclic amines) is 1. The topological polar surface area (TPSA) is 57.6 Å². The molecule has 46 heavy (non-hydrogen) atoms. The van der Waals surface area contributed by atoms with Crippen molar-refractivity contribution in [3.63, 3.8) is 0 Å². The third-order valence-electron chi connectivity index (χ3n) is 16.2. The number of fused-ring (bicyclic) bond motifs is 7. The highest BCUT2D eigenvalue weighted by molar-refractivity contribution is 5.88. The quantitative estimate of drug-likeness (QED) is 0.339. The maximum atomic E-state index is 14.6. The van der Waals surface area contributed by atoms with Gasteiger partial charge in [-0.05, 0) is 158 Å². The molecule has 5 fully saturated rings. The van der Waals surface area contributed by atoms with Gasteiger partial charge in [0.1, 0.15) is 0 Å². The Bertz CT molecular complexity index is 1450. The molecule has 4 heteroatoms. The third-order valence-corrected chi connectivity index (χ3v) is 16.2. The largest absolute Gasteiger partial charge is 0.478 e. The van der Waals surface area contributed by atoms with Crippen LogP contribution in [-0.4, -0.2) is 35.0 Å². The van der Waals surface area contributed by atoms with Crippen LogP contribution in [0.5, 0.6) is 0 Å². The molecule has 1 aromatic rings. The predicted octanol–water partition coefficient (Wildman–Crippen LogP) is 10.0. The van der Waals surface area contributed by atoms with Gasteiger partial charge < -0.3 is 10.0 Å². The lowest BCUT2D eigenvalue weighted by Crippen LogP contribution is -2.66. The molecule has 1 saturated heterocycles. The molecule has 4 saturated carbocycles. The highest BCUT2D eigenvalue weighted by Crippen LogP contribution is 2.78. The van der Waals surface area contributed by atoms with Gasteiger partial charge >= 0.3 is 5.97 Å². The summed E-state index contributed by atoms with van der Waals surface area (Å²) in [7, 11) is 0. The maximum Gasteiger partial charge on any atom is 0.335 e. The Labute approximate surface area is 278 Å². The van der Waals surface area contributed by atoms with Gasteiger partial charge in [-0.25, -0.2) is 4.79 Å². The molecule has 5 aliphatic carbocycles. The second-order valence-corrected chi connectivity index (χ2v) is 18.1. The lowest BCUT2D eigenvalue weighted by molar-refractivity contribution is -0.226. The number of hydrogen-bond acceptors (Lipinski definition) is 2. The molecule has 6 aliphatic rings. The van der Waals surface area contributed by atoms with Gasteiger partial charge in [-0.2, -0.15) is 0 Å². The molecule has 0 spiro atoms. The van der Waals surface area contributed by atoms with Gasteiger partial charge in [0.2, 0.25) is 5.91 Å². The Morgan fingerprint density at radius 2 is 1.52 bits per heavy atom. The van der Waals surface area contributed by atoms with Gasteiger partial charge in [0.15, 0.2) is 0 Å². The van der Waals surface area contributed by atoms with Crippen molar-refractivity contribution in [2.45, 2.75) is 119 Å². The minimum Gasteiger partial charge on any atom is -0.478 e. The lowest BCUT2D eigenvalue weighted by Gasteiger charge is -2.72. The third kappa shape index (κ3) is 4.29. The van der Waals surface area contributed by atoms with Gasteiger partial charge in [-0.3, -0.25) is 4.79 Å². The molecule has 1 aliphatic heterocycles. The number of carboxylic acid groups (broad SMARTS) is 1. The van der Waals surface area contributed by atoms with Crippen LogP contribution in [0.25, 0.3) is 5.57 Å². The van der Waals surface area contributed by atoms with Crippen LogP contribution in [0.2, 0.25) is 0 Å². The number of carboxylic acids is 1. The number of nitrogens with zero attached hydrogens (tertiary/aromatic N) is 1. The first-order chi connectivity index (χ1) is 21.7. The number of allylic oxidation sites excluding steroid dienone is 3. The molecule has 1 N–H and O–H groups in total. The zero-order valence-electron chi connectivity index (χ0n) is 29.6. The lowest BCUT2D eigenvalue weighted by atomic mass is 9.32. The number of carbonyl (C=O) groups is 2. The molecule has 1 aromatic carbocycles. The van der Waals surface area contributed by atoms with E-state index in [2.05, 4.69) is 59.1 Å². The second kappa shape index (κ2) is 10.8. The maximum absolute atomic E-state index is 14.6. The molecule has 0 radical (unpaired) electrons. The van der Waals surface area contributed by atoms with Crippen LogP contribution in [0.4, 0.5) is 0 Å². The van der Waals surface area contributed by atoms with Crippen molar-refractivity contribution < 1.29 is 14.7 Å². The number of carbonyl (C=O) groups excluding carboxylic acids is 1. The molecule has 9 atom stereocenters. The van der Waals surface area contributed by atoms with Crippen LogP contribution < -0.4 is 0 Å². The fourth-order valence-electron chi connectivity index (χ4n) is 13.8. The molecule has 1 heterocycles. The smallest absolute Gasteiger partial charge is 0.335 e. The Morgan fingerprint density at radius 3 is 2.17 bits per heavy atom. The van der Waals surface area contributed by atoms with Gasteiger partial charge in [-0.1, -0.05) is 65.0 Å². The first-order valence-corrected chi connectivity index (χ1v) is 18.7. The molecule has 250 valence electrons. The van der Waals surface area contributed by atoms with E-state index >= 15 is 0 Å². The van der Waals surface area contributed by atoms with E-state index in [-0.39, 0.29) is 27.1 Å². The Balaban J connectivity index is 1.23. The van der Waals surface area contributed by atoms with Crippen LogP contribution in [0.1, 0.15) is 135 Å². The summed E-state index contributed by atoms with van der Waals surface area (Å²) in [6, 6.07) is 7.58. The van der Waals surface area contributed by atoms with Crippen LogP contribution in [-0.2, 0) is 4.79 Å². The molecule has 0 aromatic heterocycles. The van der Waals surface area contributed by atoms with E-state index in [1.165, 1.54) is 55.2 Å². The minimum absolute atomic E-state index is 0.00983. The van der Waals surface area contributed by atoms with Crippen molar-refractivity contribution in [1.29, 1.82) is 0 Å². The normalized spacial score (nSPS) is 43.0. The Kier molecular flexibility index (Phi) is 7.58. The van der Waals surface area contributed by atoms with Gasteiger partial charge in [0, 0.05) is 13.1 Å². The van der Waals surface area contributed by atoms with E-state index in [4.69, 9.17) is 0 Å². The number of hydrogen-bond donors (Lipinski definition) is 1. The van der Waals surface area contributed by atoms with Crippen molar-refractivity contribution in [2.75, 3.05) is 13.1 Å². The summed E-state index contributed by atoms with van der Waals surface area (Å²) in [5.74, 6) is 2.36. The number of rotatable bonds is 4. The summed E-state index contributed by atoms with van der Waals surface area (Å²) in [6.45, 7) is 21.6. The number of aromatic carboxylic acids is 1. The second-order valence-electron chi connectivity index (χ2n) is 18.1. The summed E-state index contributed by atoms with van der Waals surface area (Å²) in [4.78, 5) is 28.5. The van der Waals surface area contributed by atoms with Crippen LogP contribution >= 0.6 is 0 Å². The van der Waals surface area contributed by atoms with Crippen LogP contribution in [0.3, 0.4) is 0 Å². The molecule has 0 bridgehead atoms. The molecular weight excluding hydrogens is 566 g/mol. The van der Waals surface area contributed by atoms with Crippen molar-refractivity contribution in [1.82, 2.24) is 4.90 Å². The summed E-state index contributed by atoms with van der Waals surface area (Å²) < 4.78 is 0.